The standard InChI is InChI=1S/C17H19FN4O/c1-12-8-13(10-15(9-12)22-6-4-19-5-7-22)17(23)21-16-3-2-14(18)11-20-16/h2-3,8-11,19H,4-7H2,1H3,(H,20,21,23). The first kappa shape index (κ1) is 15.4. The van der Waals surface area contributed by atoms with Crippen LogP contribution in [-0.4, -0.2) is 37.1 Å². The molecule has 1 aromatic heterocycles. The average molecular weight is 314 g/mol. The third-order valence-corrected chi connectivity index (χ3v) is 3.78. The van der Waals surface area contributed by atoms with E-state index in [9.17, 15) is 9.18 Å². The van der Waals surface area contributed by atoms with E-state index in [1.807, 2.05) is 19.1 Å². The van der Waals surface area contributed by atoms with Crippen LogP contribution >= 0.6 is 0 Å². The molecule has 1 saturated heterocycles. The second-order valence-electron chi connectivity index (χ2n) is 5.61. The van der Waals surface area contributed by atoms with Crippen LogP contribution < -0.4 is 15.5 Å². The number of nitrogens with one attached hydrogen (secondary N) is 2. The molecule has 0 aliphatic carbocycles. The molecule has 0 saturated carbocycles. The molecule has 0 spiro atoms. The van der Waals surface area contributed by atoms with E-state index in [-0.39, 0.29) is 5.91 Å². The second-order valence-corrected chi connectivity index (χ2v) is 5.61. The van der Waals surface area contributed by atoms with E-state index in [4.69, 9.17) is 0 Å². The fourth-order valence-corrected chi connectivity index (χ4v) is 2.64. The van der Waals surface area contributed by atoms with E-state index in [2.05, 4.69) is 26.6 Å². The van der Waals surface area contributed by atoms with Crippen molar-refractivity contribution in [3.63, 3.8) is 0 Å². The first-order valence-corrected chi connectivity index (χ1v) is 7.62. The maximum Gasteiger partial charge on any atom is 0.256 e. The zero-order valence-electron chi connectivity index (χ0n) is 13.0. The average Bonchev–Trinajstić information content (AvgIpc) is 2.57. The summed E-state index contributed by atoms with van der Waals surface area (Å²) >= 11 is 0. The van der Waals surface area contributed by atoms with Gasteiger partial charge in [-0.3, -0.25) is 4.79 Å². The number of carbonyl (C=O) groups is 1. The number of aryl methyl sites for hydroxylation is 1. The molecule has 5 nitrogen and oxygen atoms in total. The molecule has 0 radical (unpaired) electrons. The van der Waals surface area contributed by atoms with Gasteiger partial charge in [-0.25, -0.2) is 9.37 Å². The molecule has 0 bridgehead atoms. The number of rotatable bonds is 3. The van der Waals surface area contributed by atoms with Gasteiger partial charge in [-0.05, 0) is 42.8 Å². The molecule has 6 heteroatoms. The van der Waals surface area contributed by atoms with Gasteiger partial charge in [0.2, 0.25) is 0 Å². The third-order valence-electron chi connectivity index (χ3n) is 3.78. The summed E-state index contributed by atoms with van der Waals surface area (Å²) in [5.74, 6) is -0.342. The normalized spacial score (nSPS) is 14.6. The lowest BCUT2D eigenvalue weighted by Crippen LogP contribution is -2.43. The molecule has 2 aromatic rings. The Morgan fingerprint density at radius 2 is 2.04 bits per heavy atom. The van der Waals surface area contributed by atoms with Crippen LogP contribution in [-0.2, 0) is 0 Å². The van der Waals surface area contributed by atoms with Crippen LogP contribution in [0.3, 0.4) is 0 Å². The Balaban J connectivity index is 1.79. The van der Waals surface area contributed by atoms with E-state index in [0.29, 0.717) is 11.4 Å². The lowest BCUT2D eigenvalue weighted by molar-refractivity contribution is 0.102. The highest BCUT2D eigenvalue weighted by Gasteiger charge is 2.14. The number of nitrogens with zero attached hydrogens (tertiary/aromatic N) is 2. The SMILES string of the molecule is Cc1cc(C(=O)Nc2ccc(F)cn2)cc(N2CCNCC2)c1. The summed E-state index contributed by atoms with van der Waals surface area (Å²) in [5.41, 5.74) is 2.65. The zero-order valence-corrected chi connectivity index (χ0v) is 13.0. The van der Waals surface area contributed by atoms with E-state index in [1.54, 1.807) is 0 Å². The number of halogens is 1. The highest BCUT2D eigenvalue weighted by molar-refractivity contribution is 6.04. The third kappa shape index (κ3) is 3.84. The predicted molar refractivity (Wildman–Crippen MR) is 88.4 cm³/mol. The number of aromatic nitrogens is 1. The molecule has 1 fully saturated rings. The van der Waals surface area contributed by atoms with Crippen molar-refractivity contribution in [2.75, 3.05) is 36.4 Å². The topological polar surface area (TPSA) is 57.3 Å². The summed E-state index contributed by atoms with van der Waals surface area (Å²) in [6, 6.07) is 8.52. The summed E-state index contributed by atoms with van der Waals surface area (Å²) in [4.78, 5) is 18.5. The number of benzene rings is 1. The van der Waals surface area contributed by atoms with Crippen LogP contribution in [0.5, 0.6) is 0 Å². The van der Waals surface area contributed by atoms with Crippen LogP contribution in [0.4, 0.5) is 15.9 Å². The quantitative estimate of drug-likeness (QED) is 0.912. The number of piperazine rings is 1. The Morgan fingerprint density at radius 3 is 2.74 bits per heavy atom. The minimum atomic E-state index is -0.431. The number of anilines is 2. The summed E-state index contributed by atoms with van der Waals surface area (Å²) in [6.45, 7) is 5.69. The number of amides is 1. The van der Waals surface area contributed by atoms with Crippen LogP contribution in [0.2, 0.25) is 0 Å². The minimum absolute atomic E-state index is 0.246. The maximum atomic E-state index is 12.9. The Hall–Kier alpha value is -2.47. The van der Waals surface area contributed by atoms with Gasteiger partial charge in [-0.2, -0.15) is 0 Å². The Morgan fingerprint density at radius 1 is 1.26 bits per heavy atom. The first-order chi connectivity index (χ1) is 11.1. The van der Waals surface area contributed by atoms with E-state index in [0.717, 1.165) is 43.6 Å². The summed E-state index contributed by atoms with van der Waals surface area (Å²) in [7, 11) is 0. The molecular formula is C17H19FN4O. The first-order valence-electron chi connectivity index (χ1n) is 7.62. The predicted octanol–water partition coefficient (Wildman–Crippen LogP) is 2.19. The van der Waals surface area contributed by atoms with Crippen molar-refractivity contribution < 1.29 is 9.18 Å². The van der Waals surface area contributed by atoms with E-state index < -0.39 is 5.82 Å². The summed E-state index contributed by atoms with van der Waals surface area (Å²) < 4.78 is 12.9. The van der Waals surface area contributed by atoms with Gasteiger partial charge >= 0.3 is 0 Å². The molecular weight excluding hydrogens is 295 g/mol. The fourth-order valence-electron chi connectivity index (χ4n) is 2.64. The Bertz CT molecular complexity index is 696. The van der Waals surface area contributed by atoms with Gasteiger partial charge in [0.25, 0.3) is 5.91 Å². The van der Waals surface area contributed by atoms with Crippen molar-refractivity contribution in [1.29, 1.82) is 0 Å². The lowest BCUT2D eigenvalue weighted by atomic mass is 10.1. The number of carbonyl (C=O) groups excluding carboxylic acids is 1. The van der Waals surface area contributed by atoms with Crippen molar-refractivity contribution in [3.8, 4) is 0 Å². The smallest absolute Gasteiger partial charge is 0.256 e. The highest BCUT2D eigenvalue weighted by atomic mass is 19.1. The van der Waals surface area contributed by atoms with Gasteiger partial charge in [0, 0.05) is 37.4 Å². The van der Waals surface area contributed by atoms with Gasteiger partial charge < -0.3 is 15.5 Å². The molecule has 0 unspecified atom stereocenters. The van der Waals surface area contributed by atoms with Crippen molar-refractivity contribution in [2.45, 2.75) is 6.92 Å². The number of hydrogen-bond donors (Lipinski definition) is 2. The van der Waals surface area contributed by atoms with Crippen molar-refractivity contribution in [3.05, 3.63) is 53.5 Å². The zero-order chi connectivity index (χ0) is 16.2. The van der Waals surface area contributed by atoms with Crippen LogP contribution in [0.25, 0.3) is 0 Å². The lowest BCUT2D eigenvalue weighted by Gasteiger charge is -2.30. The molecule has 2 heterocycles. The number of pyridine rings is 1. The minimum Gasteiger partial charge on any atom is -0.369 e. The molecule has 23 heavy (non-hydrogen) atoms. The summed E-state index contributed by atoms with van der Waals surface area (Å²) in [6.07, 6.45) is 1.08. The van der Waals surface area contributed by atoms with E-state index >= 15 is 0 Å². The Labute approximate surface area is 134 Å². The van der Waals surface area contributed by atoms with Crippen LogP contribution in [0.15, 0.2) is 36.5 Å². The van der Waals surface area contributed by atoms with Gasteiger partial charge in [-0.15, -0.1) is 0 Å². The summed E-state index contributed by atoms with van der Waals surface area (Å²) in [5, 5.41) is 6.01. The second kappa shape index (κ2) is 6.75. The molecule has 2 N–H and O–H groups in total. The highest BCUT2D eigenvalue weighted by Crippen LogP contribution is 2.20. The largest absolute Gasteiger partial charge is 0.369 e. The van der Waals surface area contributed by atoms with Gasteiger partial charge in [0.05, 0.1) is 6.20 Å². The van der Waals surface area contributed by atoms with Crippen LogP contribution in [0, 0.1) is 12.7 Å². The molecule has 120 valence electrons. The van der Waals surface area contributed by atoms with Gasteiger partial charge in [0.1, 0.15) is 11.6 Å². The molecule has 0 atom stereocenters. The number of hydrogen-bond acceptors (Lipinski definition) is 4. The molecule has 1 aliphatic heterocycles. The van der Waals surface area contributed by atoms with Gasteiger partial charge in [0.15, 0.2) is 0 Å². The monoisotopic (exact) mass is 314 g/mol. The fraction of sp³-hybridized carbons (Fsp3) is 0.294. The Kier molecular flexibility index (Phi) is 4.52. The molecule has 3 rings (SSSR count). The van der Waals surface area contributed by atoms with Crippen molar-refractivity contribution in [2.24, 2.45) is 0 Å². The van der Waals surface area contributed by atoms with E-state index in [1.165, 1.54) is 12.1 Å². The van der Waals surface area contributed by atoms with Crippen molar-refractivity contribution in [1.82, 2.24) is 10.3 Å². The molecule has 1 aliphatic rings. The molecule has 1 aromatic carbocycles. The van der Waals surface area contributed by atoms with Gasteiger partial charge in [-0.1, -0.05) is 0 Å². The van der Waals surface area contributed by atoms with Crippen LogP contribution in [0.1, 0.15) is 15.9 Å². The molecule has 1 amide bonds. The van der Waals surface area contributed by atoms with Crippen molar-refractivity contribution >= 4 is 17.4 Å². The maximum absolute atomic E-state index is 12.9.